The molecule has 7 nitrogen and oxygen atoms in total. The molecular formula is C12H16N6O. The Kier molecular flexibility index (Phi) is 3.04. The van der Waals surface area contributed by atoms with Crippen LogP contribution in [0.3, 0.4) is 0 Å². The van der Waals surface area contributed by atoms with Gasteiger partial charge in [-0.15, -0.1) is 0 Å². The van der Waals surface area contributed by atoms with E-state index >= 15 is 0 Å². The molecular weight excluding hydrogens is 244 g/mol. The largest absolute Gasteiger partial charge is 0.384 e. The first-order valence-corrected chi connectivity index (χ1v) is 6.18. The molecule has 3 rings (SSSR count). The summed E-state index contributed by atoms with van der Waals surface area (Å²) in [6.45, 7) is 2.96. The quantitative estimate of drug-likeness (QED) is 0.836. The van der Waals surface area contributed by atoms with Gasteiger partial charge in [-0.3, -0.25) is 4.68 Å². The van der Waals surface area contributed by atoms with Gasteiger partial charge in [-0.05, 0) is 0 Å². The standard InChI is InChI=1S/C12H16N6O/c1-17-8-9(7-14-17)10-6-11(13)16-12(15-10)18-2-4-19-5-3-18/h6-8H,2-5H2,1H3,(H2,13,15,16). The van der Waals surface area contributed by atoms with E-state index in [9.17, 15) is 0 Å². The van der Waals surface area contributed by atoms with E-state index in [1.54, 1.807) is 16.9 Å². The smallest absolute Gasteiger partial charge is 0.228 e. The SMILES string of the molecule is Cn1cc(-c2cc(N)nc(N3CCOCC3)n2)cn1. The highest BCUT2D eigenvalue weighted by atomic mass is 16.5. The van der Waals surface area contributed by atoms with Gasteiger partial charge in [0.05, 0.1) is 25.1 Å². The van der Waals surface area contributed by atoms with Crippen LogP contribution in [-0.4, -0.2) is 46.1 Å². The van der Waals surface area contributed by atoms with Crippen molar-refractivity contribution in [3.05, 3.63) is 18.5 Å². The van der Waals surface area contributed by atoms with Crippen molar-refractivity contribution in [3.8, 4) is 11.3 Å². The molecule has 2 aromatic heterocycles. The van der Waals surface area contributed by atoms with Crippen molar-refractivity contribution in [1.29, 1.82) is 0 Å². The lowest BCUT2D eigenvalue weighted by Gasteiger charge is -2.27. The van der Waals surface area contributed by atoms with Gasteiger partial charge in [0.1, 0.15) is 5.82 Å². The number of rotatable bonds is 2. The van der Waals surface area contributed by atoms with E-state index in [2.05, 4.69) is 20.0 Å². The second-order valence-electron chi connectivity index (χ2n) is 4.48. The van der Waals surface area contributed by atoms with Crippen LogP contribution in [0.4, 0.5) is 11.8 Å². The first-order chi connectivity index (χ1) is 9.22. The highest BCUT2D eigenvalue weighted by molar-refractivity contribution is 5.62. The Hall–Kier alpha value is -2.15. The van der Waals surface area contributed by atoms with Gasteiger partial charge in [-0.25, -0.2) is 4.98 Å². The first-order valence-electron chi connectivity index (χ1n) is 6.18. The molecule has 0 bridgehead atoms. The number of morpholine rings is 1. The van der Waals surface area contributed by atoms with Crippen molar-refractivity contribution < 1.29 is 4.74 Å². The van der Waals surface area contributed by atoms with Crippen molar-refractivity contribution in [1.82, 2.24) is 19.7 Å². The van der Waals surface area contributed by atoms with Crippen LogP contribution < -0.4 is 10.6 Å². The molecule has 0 radical (unpaired) electrons. The van der Waals surface area contributed by atoms with E-state index < -0.39 is 0 Å². The number of ether oxygens (including phenoxy) is 1. The molecule has 1 fully saturated rings. The fourth-order valence-corrected chi connectivity index (χ4v) is 2.06. The summed E-state index contributed by atoms with van der Waals surface area (Å²) >= 11 is 0. The summed E-state index contributed by atoms with van der Waals surface area (Å²) in [4.78, 5) is 10.9. The summed E-state index contributed by atoms with van der Waals surface area (Å²) in [5, 5.41) is 4.15. The average molecular weight is 260 g/mol. The molecule has 0 atom stereocenters. The minimum Gasteiger partial charge on any atom is -0.384 e. The lowest BCUT2D eigenvalue weighted by Crippen LogP contribution is -2.37. The zero-order valence-corrected chi connectivity index (χ0v) is 10.8. The summed E-state index contributed by atoms with van der Waals surface area (Å²) < 4.78 is 7.07. The number of nitrogen functional groups attached to an aromatic ring is 1. The van der Waals surface area contributed by atoms with Crippen molar-refractivity contribution in [2.45, 2.75) is 0 Å². The maximum absolute atomic E-state index is 5.87. The molecule has 1 aliphatic heterocycles. The molecule has 2 aromatic rings. The molecule has 100 valence electrons. The Morgan fingerprint density at radius 2 is 2.05 bits per heavy atom. The normalized spacial score (nSPS) is 15.7. The highest BCUT2D eigenvalue weighted by Gasteiger charge is 2.16. The van der Waals surface area contributed by atoms with E-state index in [1.807, 2.05) is 13.2 Å². The van der Waals surface area contributed by atoms with Crippen molar-refractivity contribution >= 4 is 11.8 Å². The van der Waals surface area contributed by atoms with Crippen molar-refractivity contribution in [2.24, 2.45) is 7.05 Å². The van der Waals surface area contributed by atoms with Gasteiger partial charge in [0.15, 0.2) is 0 Å². The van der Waals surface area contributed by atoms with Crippen LogP contribution in [0, 0.1) is 0 Å². The fourth-order valence-electron chi connectivity index (χ4n) is 2.06. The van der Waals surface area contributed by atoms with Gasteiger partial charge in [0.25, 0.3) is 0 Å². The van der Waals surface area contributed by atoms with Gasteiger partial charge in [0.2, 0.25) is 5.95 Å². The zero-order valence-electron chi connectivity index (χ0n) is 10.8. The van der Waals surface area contributed by atoms with Crippen LogP contribution in [0.15, 0.2) is 18.5 Å². The molecule has 2 N–H and O–H groups in total. The molecule has 7 heteroatoms. The number of nitrogens with zero attached hydrogens (tertiary/aromatic N) is 5. The summed E-state index contributed by atoms with van der Waals surface area (Å²) in [5.74, 6) is 1.12. The first kappa shape index (κ1) is 11.9. The molecule has 0 amide bonds. The third kappa shape index (κ3) is 2.50. The van der Waals surface area contributed by atoms with Gasteiger partial charge in [-0.2, -0.15) is 10.1 Å². The Balaban J connectivity index is 1.95. The van der Waals surface area contributed by atoms with E-state index in [0.29, 0.717) is 25.0 Å². The second kappa shape index (κ2) is 4.85. The maximum Gasteiger partial charge on any atom is 0.228 e. The third-order valence-corrected chi connectivity index (χ3v) is 3.03. The van der Waals surface area contributed by atoms with E-state index in [1.165, 1.54) is 0 Å². The van der Waals surface area contributed by atoms with E-state index in [4.69, 9.17) is 10.5 Å². The van der Waals surface area contributed by atoms with E-state index in [0.717, 1.165) is 24.3 Å². The van der Waals surface area contributed by atoms with Crippen molar-refractivity contribution in [3.63, 3.8) is 0 Å². The van der Waals surface area contributed by atoms with E-state index in [-0.39, 0.29) is 0 Å². The maximum atomic E-state index is 5.87. The molecule has 3 heterocycles. The minimum absolute atomic E-state index is 0.468. The average Bonchev–Trinajstić information content (AvgIpc) is 2.86. The van der Waals surface area contributed by atoms with Gasteiger partial charge >= 0.3 is 0 Å². The van der Waals surface area contributed by atoms with Crippen LogP contribution in [0.25, 0.3) is 11.3 Å². The minimum atomic E-state index is 0.468. The zero-order chi connectivity index (χ0) is 13.2. The van der Waals surface area contributed by atoms with Gasteiger partial charge < -0.3 is 15.4 Å². The van der Waals surface area contributed by atoms with Crippen LogP contribution in [0.2, 0.25) is 0 Å². The summed E-state index contributed by atoms with van der Waals surface area (Å²) in [6.07, 6.45) is 3.68. The number of aromatic nitrogens is 4. The molecule has 19 heavy (non-hydrogen) atoms. The summed E-state index contributed by atoms with van der Waals surface area (Å²) in [6, 6.07) is 1.76. The van der Waals surface area contributed by atoms with Crippen molar-refractivity contribution in [2.75, 3.05) is 36.9 Å². The number of aryl methyl sites for hydroxylation is 1. The molecule has 0 aliphatic carbocycles. The topological polar surface area (TPSA) is 82.1 Å². The third-order valence-electron chi connectivity index (χ3n) is 3.03. The van der Waals surface area contributed by atoms with Gasteiger partial charge in [0, 0.05) is 38.0 Å². The molecule has 1 saturated heterocycles. The number of hydrogen-bond donors (Lipinski definition) is 1. The molecule has 0 aromatic carbocycles. The van der Waals surface area contributed by atoms with Crippen LogP contribution in [0.5, 0.6) is 0 Å². The van der Waals surface area contributed by atoms with Crippen LogP contribution in [-0.2, 0) is 11.8 Å². The molecule has 0 spiro atoms. The molecule has 0 unspecified atom stereocenters. The second-order valence-corrected chi connectivity index (χ2v) is 4.48. The predicted molar refractivity (Wildman–Crippen MR) is 71.7 cm³/mol. The molecule has 1 aliphatic rings. The Bertz CT molecular complexity index is 575. The van der Waals surface area contributed by atoms with Crippen LogP contribution in [0.1, 0.15) is 0 Å². The Labute approximate surface area is 111 Å². The lowest BCUT2D eigenvalue weighted by molar-refractivity contribution is 0.122. The van der Waals surface area contributed by atoms with Gasteiger partial charge in [-0.1, -0.05) is 0 Å². The number of hydrogen-bond acceptors (Lipinski definition) is 6. The Morgan fingerprint density at radius 3 is 2.74 bits per heavy atom. The monoisotopic (exact) mass is 260 g/mol. The lowest BCUT2D eigenvalue weighted by atomic mass is 10.2. The highest BCUT2D eigenvalue weighted by Crippen LogP contribution is 2.21. The summed E-state index contributed by atoms with van der Waals surface area (Å²) in [5.41, 5.74) is 7.60. The Morgan fingerprint density at radius 1 is 1.26 bits per heavy atom. The predicted octanol–water partition coefficient (Wildman–Crippen LogP) is 0.296. The number of nitrogens with two attached hydrogens (primary N) is 1. The molecule has 0 saturated carbocycles. The number of anilines is 2. The fraction of sp³-hybridized carbons (Fsp3) is 0.417. The van der Waals surface area contributed by atoms with Crippen LogP contribution >= 0.6 is 0 Å². The summed E-state index contributed by atoms with van der Waals surface area (Å²) in [7, 11) is 1.87.